The molecule has 0 N–H and O–H groups in total. The Hall–Kier alpha value is -1.10. The normalized spacial score (nSPS) is 12.2. The maximum absolute atomic E-state index is 12.9. The van der Waals surface area contributed by atoms with Crippen molar-refractivity contribution in [3.8, 4) is 0 Å². The number of esters is 1. The highest BCUT2D eigenvalue weighted by Gasteiger charge is 2.10. The summed E-state index contributed by atoms with van der Waals surface area (Å²) >= 11 is 1.50. The fourth-order valence-electron chi connectivity index (χ4n) is 1.24. The van der Waals surface area contributed by atoms with Gasteiger partial charge in [-0.2, -0.15) is 11.8 Å². The summed E-state index contributed by atoms with van der Waals surface area (Å²) in [4.78, 5) is 11.0. The molecule has 0 aliphatic heterocycles. The Bertz CT molecular complexity index is 396. The number of benzene rings is 1. The molecule has 0 bridgehead atoms. The van der Waals surface area contributed by atoms with E-state index in [1.54, 1.807) is 0 Å². The van der Waals surface area contributed by atoms with Gasteiger partial charge in [0.2, 0.25) is 0 Å². The van der Waals surface area contributed by atoms with Crippen LogP contribution in [-0.2, 0) is 15.3 Å². The molecule has 2 nitrogen and oxygen atoms in total. The van der Waals surface area contributed by atoms with Gasteiger partial charge in [0, 0.05) is 11.0 Å². The topological polar surface area (TPSA) is 26.3 Å². The molecule has 0 fully saturated rings. The number of methoxy groups -OCH3 is 1. The molecule has 1 aromatic rings. The van der Waals surface area contributed by atoms with Crippen LogP contribution < -0.4 is 0 Å². The number of thioether (sulfide) groups is 1. The van der Waals surface area contributed by atoms with Crippen LogP contribution >= 0.6 is 11.8 Å². The second-order valence-corrected chi connectivity index (χ2v) is 5.08. The number of halogens is 2. The van der Waals surface area contributed by atoms with E-state index in [9.17, 15) is 13.6 Å². The van der Waals surface area contributed by atoms with Gasteiger partial charge in [-0.3, -0.25) is 4.79 Å². The first kappa shape index (κ1) is 14.0. The molecule has 5 heteroatoms. The zero-order valence-electron chi connectivity index (χ0n) is 9.70. The van der Waals surface area contributed by atoms with E-state index in [1.807, 2.05) is 6.92 Å². The SMILES string of the molecule is COC(=O)CC(C)SCc1ccc(F)c(F)c1. The average Bonchev–Trinajstić information content (AvgIpc) is 2.30. The fraction of sp³-hybridized carbons (Fsp3) is 0.417. The van der Waals surface area contributed by atoms with Gasteiger partial charge in [-0.1, -0.05) is 13.0 Å². The summed E-state index contributed by atoms with van der Waals surface area (Å²) in [7, 11) is 1.34. The minimum Gasteiger partial charge on any atom is -0.469 e. The molecule has 0 amide bonds. The molecule has 0 spiro atoms. The Kier molecular flexibility index (Phi) is 5.41. The summed E-state index contributed by atoms with van der Waals surface area (Å²) in [5.74, 6) is -1.42. The molecule has 0 saturated carbocycles. The van der Waals surface area contributed by atoms with Gasteiger partial charge in [0.05, 0.1) is 13.5 Å². The zero-order valence-corrected chi connectivity index (χ0v) is 10.5. The minimum absolute atomic E-state index is 0.0792. The van der Waals surface area contributed by atoms with E-state index in [0.717, 1.165) is 6.07 Å². The molecule has 0 aromatic heterocycles. The second kappa shape index (κ2) is 6.59. The van der Waals surface area contributed by atoms with Crippen LogP contribution in [0.3, 0.4) is 0 Å². The molecule has 1 aromatic carbocycles. The van der Waals surface area contributed by atoms with Crippen molar-refractivity contribution in [2.75, 3.05) is 7.11 Å². The summed E-state index contributed by atoms with van der Waals surface area (Å²) in [6.45, 7) is 1.89. The molecule has 0 aliphatic carbocycles. The lowest BCUT2D eigenvalue weighted by molar-refractivity contribution is -0.140. The third-order valence-electron chi connectivity index (χ3n) is 2.20. The number of hydrogen-bond acceptors (Lipinski definition) is 3. The Morgan fingerprint density at radius 3 is 2.71 bits per heavy atom. The molecule has 0 aliphatic rings. The van der Waals surface area contributed by atoms with Crippen molar-refractivity contribution in [1.29, 1.82) is 0 Å². The lowest BCUT2D eigenvalue weighted by atomic mass is 10.2. The molecular weight excluding hydrogens is 246 g/mol. The van der Waals surface area contributed by atoms with E-state index in [0.29, 0.717) is 17.7 Å². The van der Waals surface area contributed by atoms with Gasteiger partial charge in [0.15, 0.2) is 11.6 Å². The van der Waals surface area contributed by atoms with E-state index < -0.39 is 11.6 Å². The number of rotatable bonds is 5. The maximum atomic E-state index is 12.9. The lowest BCUT2D eigenvalue weighted by Crippen LogP contribution is -2.08. The predicted molar refractivity (Wildman–Crippen MR) is 63.7 cm³/mol. The van der Waals surface area contributed by atoms with E-state index in [2.05, 4.69) is 4.74 Å². The number of carbonyl (C=O) groups is 1. The number of hydrogen-bond donors (Lipinski definition) is 0. The summed E-state index contributed by atoms with van der Waals surface area (Å²) < 4.78 is 30.1. The first-order valence-corrected chi connectivity index (χ1v) is 6.20. The number of carbonyl (C=O) groups excluding carboxylic acids is 1. The predicted octanol–water partition coefficient (Wildman–Crippen LogP) is 3.15. The van der Waals surface area contributed by atoms with Crippen LogP contribution in [-0.4, -0.2) is 18.3 Å². The summed E-state index contributed by atoms with van der Waals surface area (Å²) in [5, 5.41) is 0.0792. The van der Waals surface area contributed by atoms with Crippen molar-refractivity contribution < 1.29 is 18.3 Å². The van der Waals surface area contributed by atoms with Crippen molar-refractivity contribution in [1.82, 2.24) is 0 Å². The summed E-state index contributed by atoms with van der Waals surface area (Å²) in [5.41, 5.74) is 0.700. The van der Waals surface area contributed by atoms with Gasteiger partial charge < -0.3 is 4.74 Å². The second-order valence-electron chi connectivity index (χ2n) is 3.65. The monoisotopic (exact) mass is 260 g/mol. The van der Waals surface area contributed by atoms with Crippen LogP contribution in [0, 0.1) is 11.6 Å². The van der Waals surface area contributed by atoms with Crippen LogP contribution in [0.2, 0.25) is 0 Å². The number of ether oxygens (including phenoxy) is 1. The Morgan fingerprint density at radius 2 is 2.12 bits per heavy atom. The van der Waals surface area contributed by atoms with E-state index >= 15 is 0 Å². The Balaban J connectivity index is 2.44. The zero-order chi connectivity index (χ0) is 12.8. The van der Waals surface area contributed by atoms with Crippen molar-refractivity contribution in [3.63, 3.8) is 0 Å². The highest BCUT2D eigenvalue weighted by molar-refractivity contribution is 7.99. The molecule has 1 atom stereocenters. The van der Waals surface area contributed by atoms with Crippen molar-refractivity contribution >= 4 is 17.7 Å². The molecule has 0 saturated heterocycles. The highest BCUT2D eigenvalue weighted by Crippen LogP contribution is 2.21. The quantitative estimate of drug-likeness (QED) is 0.761. The smallest absolute Gasteiger partial charge is 0.306 e. The molecule has 0 radical (unpaired) electrons. The highest BCUT2D eigenvalue weighted by atomic mass is 32.2. The largest absolute Gasteiger partial charge is 0.469 e. The average molecular weight is 260 g/mol. The standard InChI is InChI=1S/C12H14F2O2S/c1-8(5-12(15)16-2)17-7-9-3-4-10(13)11(14)6-9/h3-4,6,8H,5,7H2,1-2H3. The minimum atomic E-state index is -0.846. The van der Waals surface area contributed by atoms with Crippen LogP contribution in [0.1, 0.15) is 18.9 Å². The van der Waals surface area contributed by atoms with Crippen molar-refractivity contribution in [2.24, 2.45) is 0 Å². The summed E-state index contributed by atoms with van der Waals surface area (Å²) in [6, 6.07) is 3.82. The van der Waals surface area contributed by atoms with Crippen LogP contribution in [0.25, 0.3) is 0 Å². The first-order valence-electron chi connectivity index (χ1n) is 5.15. The van der Waals surface area contributed by atoms with E-state index in [4.69, 9.17) is 0 Å². The van der Waals surface area contributed by atoms with Gasteiger partial charge in [0.25, 0.3) is 0 Å². The van der Waals surface area contributed by atoms with Crippen molar-refractivity contribution in [3.05, 3.63) is 35.4 Å². The van der Waals surface area contributed by atoms with Gasteiger partial charge >= 0.3 is 5.97 Å². The van der Waals surface area contributed by atoms with Crippen LogP contribution in [0.5, 0.6) is 0 Å². The molecule has 0 heterocycles. The fourth-order valence-corrected chi connectivity index (χ4v) is 2.16. The molecule has 94 valence electrons. The van der Waals surface area contributed by atoms with Gasteiger partial charge in [-0.15, -0.1) is 0 Å². The van der Waals surface area contributed by atoms with Crippen LogP contribution in [0.15, 0.2) is 18.2 Å². The Labute approximate surface area is 103 Å². The Morgan fingerprint density at radius 1 is 1.41 bits per heavy atom. The molecular formula is C12H14F2O2S. The van der Waals surface area contributed by atoms with E-state index in [-0.39, 0.29) is 11.2 Å². The molecule has 1 rings (SSSR count). The van der Waals surface area contributed by atoms with E-state index in [1.165, 1.54) is 31.0 Å². The summed E-state index contributed by atoms with van der Waals surface area (Å²) in [6.07, 6.45) is 0.310. The van der Waals surface area contributed by atoms with Crippen molar-refractivity contribution in [2.45, 2.75) is 24.3 Å². The maximum Gasteiger partial charge on any atom is 0.306 e. The van der Waals surface area contributed by atoms with Crippen LogP contribution in [0.4, 0.5) is 8.78 Å². The molecule has 17 heavy (non-hydrogen) atoms. The third-order valence-corrected chi connectivity index (χ3v) is 3.44. The first-order chi connectivity index (χ1) is 8.02. The van der Waals surface area contributed by atoms with Gasteiger partial charge in [-0.05, 0) is 17.7 Å². The third kappa shape index (κ3) is 4.73. The lowest BCUT2D eigenvalue weighted by Gasteiger charge is -2.09. The molecule has 1 unspecified atom stereocenters. The van der Waals surface area contributed by atoms with Gasteiger partial charge in [-0.25, -0.2) is 8.78 Å². The van der Waals surface area contributed by atoms with Gasteiger partial charge in [0.1, 0.15) is 0 Å².